The molecule has 0 saturated carbocycles. The Hall–Kier alpha value is -2.01. The van der Waals surface area contributed by atoms with Crippen LogP contribution in [0.3, 0.4) is 0 Å². The first-order valence-corrected chi connectivity index (χ1v) is 6.20. The number of nitrogens with one attached hydrogen (secondary N) is 1. The van der Waals surface area contributed by atoms with E-state index in [0.29, 0.717) is 18.2 Å². The van der Waals surface area contributed by atoms with Gasteiger partial charge in [-0.05, 0) is 6.07 Å². The zero-order valence-corrected chi connectivity index (χ0v) is 11.0. The van der Waals surface area contributed by atoms with Crippen molar-refractivity contribution in [3.63, 3.8) is 0 Å². The van der Waals surface area contributed by atoms with Gasteiger partial charge in [-0.15, -0.1) is 0 Å². The number of para-hydroxylation sites is 1. The van der Waals surface area contributed by atoms with Gasteiger partial charge in [-0.3, -0.25) is 0 Å². The van der Waals surface area contributed by atoms with Crippen molar-refractivity contribution < 1.29 is 9.47 Å². The number of hydrogen-bond donors (Lipinski definition) is 1. The number of ether oxygens (including phenoxy) is 2. The molecular formula is C13H12ClN3O2. The molecule has 0 fully saturated rings. The first-order chi connectivity index (χ1) is 9.29. The minimum Gasteiger partial charge on any atom is -0.491 e. The number of rotatable bonds is 3. The SMILES string of the molecule is COc1c(Cl)ncnc1NC1COc2ccccc21. The minimum atomic E-state index is 0.0241. The topological polar surface area (TPSA) is 56.3 Å². The van der Waals surface area contributed by atoms with E-state index in [2.05, 4.69) is 15.3 Å². The Balaban J connectivity index is 1.90. The molecule has 1 N–H and O–H groups in total. The highest BCUT2D eigenvalue weighted by Crippen LogP contribution is 2.36. The summed E-state index contributed by atoms with van der Waals surface area (Å²) in [5.74, 6) is 1.89. The molecule has 0 saturated heterocycles. The first-order valence-electron chi connectivity index (χ1n) is 5.82. The standard InChI is InChI=1S/C13H12ClN3O2/c1-18-11-12(14)15-7-16-13(11)17-9-6-19-10-5-3-2-4-8(9)10/h2-5,7,9H,6H2,1H3,(H,15,16,17). The summed E-state index contributed by atoms with van der Waals surface area (Å²) in [6, 6.07) is 7.92. The van der Waals surface area contributed by atoms with Gasteiger partial charge in [0.1, 0.15) is 18.7 Å². The Kier molecular flexibility index (Phi) is 3.13. The van der Waals surface area contributed by atoms with Crippen molar-refractivity contribution in [2.24, 2.45) is 0 Å². The molecule has 1 unspecified atom stereocenters. The van der Waals surface area contributed by atoms with Crippen molar-refractivity contribution in [2.45, 2.75) is 6.04 Å². The summed E-state index contributed by atoms with van der Waals surface area (Å²) in [5.41, 5.74) is 1.10. The van der Waals surface area contributed by atoms with Crippen LogP contribution >= 0.6 is 11.6 Å². The third-order valence-electron chi connectivity index (χ3n) is 2.98. The molecule has 3 rings (SSSR count). The summed E-state index contributed by atoms with van der Waals surface area (Å²) in [6.45, 7) is 0.546. The van der Waals surface area contributed by atoms with E-state index < -0.39 is 0 Å². The van der Waals surface area contributed by atoms with Crippen LogP contribution in [0.5, 0.6) is 11.5 Å². The molecule has 1 atom stereocenters. The largest absolute Gasteiger partial charge is 0.491 e. The highest BCUT2D eigenvalue weighted by Gasteiger charge is 2.25. The molecule has 98 valence electrons. The predicted molar refractivity (Wildman–Crippen MR) is 71.9 cm³/mol. The molecule has 19 heavy (non-hydrogen) atoms. The Bertz CT molecular complexity index is 606. The monoisotopic (exact) mass is 277 g/mol. The van der Waals surface area contributed by atoms with Gasteiger partial charge in [-0.2, -0.15) is 0 Å². The number of anilines is 1. The molecule has 1 aromatic carbocycles. The van der Waals surface area contributed by atoms with E-state index in [1.165, 1.54) is 13.4 Å². The fraction of sp³-hybridized carbons (Fsp3) is 0.231. The second kappa shape index (κ2) is 4.93. The molecule has 2 heterocycles. The molecular weight excluding hydrogens is 266 g/mol. The summed E-state index contributed by atoms with van der Waals surface area (Å²) in [4.78, 5) is 8.05. The molecule has 0 bridgehead atoms. The molecule has 5 nitrogen and oxygen atoms in total. The Morgan fingerprint density at radius 1 is 1.37 bits per heavy atom. The molecule has 0 amide bonds. The van der Waals surface area contributed by atoms with E-state index in [-0.39, 0.29) is 11.2 Å². The van der Waals surface area contributed by atoms with Crippen LogP contribution in [0.25, 0.3) is 0 Å². The van der Waals surface area contributed by atoms with E-state index >= 15 is 0 Å². The summed E-state index contributed by atoms with van der Waals surface area (Å²) in [6.07, 6.45) is 1.40. The van der Waals surface area contributed by atoms with Crippen molar-refractivity contribution in [1.82, 2.24) is 9.97 Å². The lowest BCUT2D eigenvalue weighted by atomic mass is 10.1. The van der Waals surface area contributed by atoms with Crippen LogP contribution in [0.1, 0.15) is 11.6 Å². The molecule has 1 aliphatic heterocycles. The Morgan fingerprint density at radius 3 is 3.05 bits per heavy atom. The second-order valence-corrected chi connectivity index (χ2v) is 4.45. The molecule has 1 aliphatic rings. The average molecular weight is 278 g/mol. The summed E-state index contributed by atoms with van der Waals surface area (Å²) in [7, 11) is 1.54. The van der Waals surface area contributed by atoms with Gasteiger partial charge in [-0.25, -0.2) is 9.97 Å². The van der Waals surface area contributed by atoms with Gasteiger partial charge in [-0.1, -0.05) is 29.8 Å². The molecule has 0 spiro atoms. The lowest BCUT2D eigenvalue weighted by Crippen LogP contribution is -2.14. The van der Waals surface area contributed by atoms with Crippen molar-refractivity contribution in [1.29, 1.82) is 0 Å². The van der Waals surface area contributed by atoms with E-state index in [0.717, 1.165) is 11.3 Å². The molecule has 6 heteroatoms. The third kappa shape index (κ3) is 2.17. The Labute approximate surface area is 115 Å². The lowest BCUT2D eigenvalue weighted by molar-refractivity contribution is 0.339. The van der Waals surface area contributed by atoms with Crippen molar-refractivity contribution in [3.8, 4) is 11.5 Å². The fourth-order valence-corrected chi connectivity index (χ4v) is 2.29. The van der Waals surface area contributed by atoms with Crippen molar-refractivity contribution >= 4 is 17.4 Å². The van der Waals surface area contributed by atoms with Crippen LogP contribution in [0.15, 0.2) is 30.6 Å². The number of hydrogen-bond acceptors (Lipinski definition) is 5. The van der Waals surface area contributed by atoms with Crippen LogP contribution < -0.4 is 14.8 Å². The third-order valence-corrected chi connectivity index (χ3v) is 3.24. The van der Waals surface area contributed by atoms with Crippen LogP contribution in [0.2, 0.25) is 5.15 Å². The van der Waals surface area contributed by atoms with Gasteiger partial charge in [0.25, 0.3) is 0 Å². The fourth-order valence-electron chi connectivity index (χ4n) is 2.08. The minimum absolute atomic E-state index is 0.0241. The Morgan fingerprint density at radius 2 is 2.21 bits per heavy atom. The van der Waals surface area contributed by atoms with E-state index in [1.54, 1.807) is 0 Å². The zero-order valence-electron chi connectivity index (χ0n) is 10.3. The lowest BCUT2D eigenvalue weighted by Gasteiger charge is -2.15. The van der Waals surface area contributed by atoms with Gasteiger partial charge in [0, 0.05) is 5.56 Å². The normalized spacial score (nSPS) is 16.6. The van der Waals surface area contributed by atoms with Gasteiger partial charge < -0.3 is 14.8 Å². The van der Waals surface area contributed by atoms with E-state index in [4.69, 9.17) is 21.1 Å². The van der Waals surface area contributed by atoms with Gasteiger partial charge in [0.05, 0.1) is 13.2 Å². The number of nitrogens with zero attached hydrogens (tertiary/aromatic N) is 2. The maximum Gasteiger partial charge on any atom is 0.198 e. The van der Waals surface area contributed by atoms with Gasteiger partial charge >= 0.3 is 0 Å². The predicted octanol–water partition coefficient (Wildman–Crippen LogP) is 2.68. The second-order valence-electron chi connectivity index (χ2n) is 4.09. The number of methoxy groups -OCH3 is 1. The number of benzene rings is 1. The first kappa shape index (κ1) is 12.0. The molecule has 0 aliphatic carbocycles. The van der Waals surface area contributed by atoms with Crippen LogP contribution in [0.4, 0.5) is 5.82 Å². The quantitative estimate of drug-likeness (QED) is 0.874. The zero-order chi connectivity index (χ0) is 13.2. The summed E-state index contributed by atoms with van der Waals surface area (Å²) >= 11 is 5.97. The molecule has 0 radical (unpaired) electrons. The van der Waals surface area contributed by atoms with Crippen LogP contribution in [-0.2, 0) is 0 Å². The van der Waals surface area contributed by atoms with Gasteiger partial charge in [0.2, 0.25) is 0 Å². The number of aromatic nitrogens is 2. The van der Waals surface area contributed by atoms with E-state index in [1.807, 2.05) is 24.3 Å². The van der Waals surface area contributed by atoms with Crippen molar-refractivity contribution in [2.75, 3.05) is 19.0 Å². The maximum atomic E-state index is 5.97. The number of halogens is 1. The highest BCUT2D eigenvalue weighted by atomic mass is 35.5. The van der Waals surface area contributed by atoms with E-state index in [9.17, 15) is 0 Å². The summed E-state index contributed by atoms with van der Waals surface area (Å²) < 4.78 is 10.8. The van der Waals surface area contributed by atoms with Crippen LogP contribution in [0, 0.1) is 0 Å². The average Bonchev–Trinajstić information content (AvgIpc) is 2.83. The molecule has 2 aromatic rings. The number of fused-ring (bicyclic) bond motifs is 1. The smallest absolute Gasteiger partial charge is 0.198 e. The maximum absolute atomic E-state index is 5.97. The molecule has 1 aromatic heterocycles. The van der Waals surface area contributed by atoms with Gasteiger partial charge in [0.15, 0.2) is 16.7 Å². The highest BCUT2D eigenvalue weighted by molar-refractivity contribution is 6.31. The van der Waals surface area contributed by atoms with Crippen molar-refractivity contribution in [3.05, 3.63) is 41.3 Å². The summed E-state index contributed by atoms with van der Waals surface area (Å²) in [5, 5.41) is 3.56. The van der Waals surface area contributed by atoms with Crippen LogP contribution in [-0.4, -0.2) is 23.7 Å².